The molecule has 1 amide bonds. The van der Waals surface area contributed by atoms with Gasteiger partial charge in [-0.1, -0.05) is 0 Å². The lowest BCUT2D eigenvalue weighted by molar-refractivity contribution is 0.0527. The van der Waals surface area contributed by atoms with Gasteiger partial charge in [-0.05, 0) is 37.9 Å². The van der Waals surface area contributed by atoms with Crippen LogP contribution in [0, 0.1) is 0 Å². The van der Waals surface area contributed by atoms with Crippen LogP contribution in [0.25, 0.3) is 0 Å². The van der Waals surface area contributed by atoms with Crippen molar-refractivity contribution >= 4 is 5.91 Å². The number of aromatic amines is 1. The zero-order chi connectivity index (χ0) is 17.6. The van der Waals surface area contributed by atoms with E-state index in [2.05, 4.69) is 14.9 Å². The lowest BCUT2D eigenvalue weighted by Gasteiger charge is -2.38. The summed E-state index contributed by atoms with van der Waals surface area (Å²) in [6, 6.07) is 3.60. The predicted molar refractivity (Wildman–Crippen MR) is 93.5 cm³/mol. The summed E-state index contributed by atoms with van der Waals surface area (Å²) in [5.74, 6) is 1.20. The molecule has 2 fully saturated rings. The number of carbonyl (C=O) groups is 1. The Bertz CT molecular complexity index is 851. The van der Waals surface area contributed by atoms with E-state index < -0.39 is 0 Å². The minimum atomic E-state index is -0.276. The molecule has 1 saturated carbocycles. The van der Waals surface area contributed by atoms with Crippen LogP contribution in [0.1, 0.15) is 46.7 Å². The normalized spacial score (nSPS) is 21.5. The highest BCUT2D eigenvalue weighted by Gasteiger charge is 2.32. The number of nitrogens with zero attached hydrogens (tertiary/aromatic N) is 4. The van der Waals surface area contributed by atoms with Gasteiger partial charge in [-0.15, -0.1) is 0 Å². The van der Waals surface area contributed by atoms with Crippen LogP contribution in [-0.2, 0) is 7.05 Å². The van der Waals surface area contributed by atoms with E-state index in [1.807, 2.05) is 30.9 Å². The van der Waals surface area contributed by atoms with E-state index in [0.717, 1.165) is 30.9 Å². The molecule has 2 aromatic rings. The van der Waals surface area contributed by atoms with Crippen LogP contribution in [0.3, 0.4) is 0 Å². The topological polar surface area (TPSA) is 74.2 Å². The van der Waals surface area contributed by atoms with E-state index >= 15 is 0 Å². The molecule has 7 nitrogen and oxygen atoms in total. The highest BCUT2D eigenvalue weighted by Crippen LogP contribution is 2.38. The van der Waals surface area contributed by atoms with Crippen molar-refractivity contribution in [1.29, 1.82) is 0 Å². The van der Waals surface area contributed by atoms with E-state index in [1.54, 1.807) is 17.2 Å². The fourth-order valence-corrected chi connectivity index (χ4v) is 3.50. The van der Waals surface area contributed by atoms with Gasteiger partial charge in [0.1, 0.15) is 11.4 Å². The first-order valence-electron chi connectivity index (χ1n) is 8.74. The Morgan fingerprint density at radius 2 is 2.04 bits per heavy atom. The Morgan fingerprint density at radius 1 is 1.24 bits per heavy atom. The number of aromatic nitrogens is 3. The van der Waals surface area contributed by atoms with E-state index in [0.29, 0.717) is 19.0 Å². The molecule has 0 bridgehead atoms. The van der Waals surface area contributed by atoms with Gasteiger partial charge in [0.05, 0.1) is 6.04 Å². The number of hydrogen-bond acceptors (Lipinski definition) is 4. The van der Waals surface area contributed by atoms with Crippen molar-refractivity contribution in [2.75, 3.05) is 26.7 Å². The summed E-state index contributed by atoms with van der Waals surface area (Å²) in [6.45, 7) is 1.89. The number of amides is 1. The molecule has 7 heteroatoms. The third-order valence-corrected chi connectivity index (χ3v) is 5.27. The lowest BCUT2D eigenvalue weighted by atomic mass is 10.1. The van der Waals surface area contributed by atoms with Gasteiger partial charge in [-0.3, -0.25) is 14.5 Å². The quantitative estimate of drug-likeness (QED) is 0.908. The van der Waals surface area contributed by atoms with Crippen LogP contribution >= 0.6 is 0 Å². The highest BCUT2D eigenvalue weighted by molar-refractivity contribution is 5.94. The molecule has 1 unspecified atom stereocenters. The summed E-state index contributed by atoms with van der Waals surface area (Å²) in [6.07, 6.45) is 5.91. The lowest BCUT2D eigenvalue weighted by Crippen LogP contribution is -2.50. The number of rotatable bonds is 3. The molecule has 25 heavy (non-hydrogen) atoms. The number of imidazole rings is 1. The molecule has 0 aromatic carbocycles. The van der Waals surface area contributed by atoms with Crippen LogP contribution in [0.4, 0.5) is 0 Å². The van der Waals surface area contributed by atoms with Gasteiger partial charge in [0, 0.05) is 44.8 Å². The summed E-state index contributed by atoms with van der Waals surface area (Å²) in [5, 5.41) is 0. The van der Waals surface area contributed by atoms with Gasteiger partial charge in [0.25, 0.3) is 11.5 Å². The second kappa shape index (κ2) is 6.15. The largest absolute Gasteiger partial charge is 0.337 e. The number of piperazine rings is 1. The number of aryl methyl sites for hydroxylation is 1. The van der Waals surface area contributed by atoms with Crippen molar-refractivity contribution in [2.45, 2.75) is 24.8 Å². The van der Waals surface area contributed by atoms with E-state index in [9.17, 15) is 9.59 Å². The zero-order valence-electron chi connectivity index (χ0n) is 14.6. The summed E-state index contributed by atoms with van der Waals surface area (Å²) >= 11 is 0. The molecule has 3 heterocycles. The van der Waals surface area contributed by atoms with Gasteiger partial charge in [-0.25, -0.2) is 4.98 Å². The van der Waals surface area contributed by atoms with Crippen LogP contribution in [0.2, 0.25) is 0 Å². The van der Waals surface area contributed by atoms with Crippen molar-refractivity contribution in [1.82, 2.24) is 24.3 Å². The minimum absolute atomic E-state index is 0.0301. The van der Waals surface area contributed by atoms with Gasteiger partial charge in [0.2, 0.25) is 0 Å². The molecule has 1 aliphatic heterocycles. The third-order valence-electron chi connectivity index (χ3n) is 5.27. The number of pyridine rings is 1. The summed E-state index contributed by atoms with van der Waals surface area (Å²) in [5.41, 5.74) is 0.903. The van der Waals surface area contributed by atoms with Gasteiger partial charge < -0.3 is 14.5 Å². The first kappa shape index (κ1) is 16.1. The maximum atomic E-state index is 12.9. The van der Waals surface area contributed by atoms with E-state index in [1.165, 1.54) is 0 Å². The number of likely N-dealkylation sites (N-methyl/N-ethyl adjacent to an activating group) is 1. The Hall–Kier alpha value is -2.41. The molecule has 0 spiro atoms. The molecule has 1 saturated heterocycles. The van der Waals surface area contributed by atoms with Crippen LogP contribution < -0.4 is 5.56 Å². The van der Waals surface area contributed by atoms with Gasteiger partial charge in [0.15, 0.2) is 0 Å². The van der Waals surface area contributed by atoms with E-state index in [4.69, 9.17) is 0 Å². The molecular weight excluding hydrogens is 318 g/mol. The van der Waals surface area contributed by atoms with E-state index in [-0.39, 0.29) is 23.1 Å². The second-order valence-corrected chi connectivity index (χ2v) is 7.07. The van der Waals surface area contributed by atoms with Gasteiger partial charge >= 0.3 is 0 Å². The van der Waals surface area contributed by atoms with Crippen molar-refractivity contribution in [3.8, 4) is 0 Å². The van der Waals surface area contributed by atoms with Crippen LogP contribution in [-0.4, -0.2) is 56.9 Å². The van der Waals surface area contributed by atoms with Crippen molar-refractivity contribution < 1.29 is 4.79 Å². The van der Waals surface area contributed by atoms with Crippen molar-refractivity contribution in [3.63, 3.8) is 0 Å². The number of H-pyrrole nitrogens is 1. The monoisotopic (exact) mass is 341 g/mol. The molecule has 4 rings (SSSR count). The maximum absolute atomic E-state index is 12.9. The SMILES string of the molecule is CN1CCN(C(=O)c2ccc(C3CC3)[nH]c2=O)CC1c1nccn1C. The van der Waals surface area contributed by atoms with Crippen LogP contribution in [0.15, 0.2) is 29.3 Å². The maximum Gasteiger partial charge on any atom is 0.261 e. The fraction of sp³-hybridized carbons (Fsp3) is 0.500. The van der Waals surface area contributed by atoms with Crippen molar-refractivity contribution in [3.05, 3.63) is 52.0 Å². The fourth-order valence-electron chi connectivity index (χ4n) is 3.50. The summed E-state index contributed by atoms with van der Waals surface area (Å²) in [7, 11) is 4.00. The Labute approximate surface area is 146 Å². The first-order valence-corrected chi connectivity index (χ1v) is 8.74. The van der Waals surface area contributed by atoms with Gasteiger partial charge in [-0.2, -0.15) is 0 Å². The average molecular weight is 341 g/mol. The molecular formula is C18H23N5O2. The highest BCUT2D eigenvalue weighted by atomic mass is 16.2. The third kappa shape index (κ3) is 3.00. The van der Waals surface area contributed by atoms with Crippen molar-refractivity contribution in [2.24, 2.45) is 7.05 Å². The van der Waals surface area contributed by atoms with Crippen LogP contribution in [0.5, 0.6) is 0 Å². The molecule has 1 N–H and O–H groups in total. The average Bonchev–Trinajstić information content (AvgIpc) is 3.37. The predicted octanol–water partition coefficient (Wildman–Crippen LogP) is 1.11. The summed E-state index contributed by atoms with van der Waals surface area (Å²) in [4.78, 5) is 36.5. The number of carbonyl (C=O) groups excluding carboxylic acids is 1. The first-order chi connectivity index (χ1) is 12.0. The summed E-state index contributed by atoms with van der Waals surface area (Å²) < 4.78 is 1.98. The molecule has 132 valence electrons. The second-order valence-electron chi connectivity index (χ2n) is 7.07. The smallest absolute Gasteiger partial charge is 0.261 e. The molecule has 2 aromatic heterocycles. The number of nitrogens with one attached hydrogen (secondary N) is 1. The Kier molecular flexibility index (Phi) is 3.95. The minimum Gasteiger partial charge on any atom is -0.337 e. The molecule has 1 aliphatic carbocycles. The Balaban J connectivity index is 1.56. The number of hydrogen-bond donors (Lipinski definition) is 1. The molecule has 0 radical (unpaired) electrons. The zero-order valence-corrected chi connectivity index (χ0v) is 14.6. The molecule has 1 atom stereocenters. The Morgan fingerprint density at radius 3 is 2.68 bits per heavy atom. The standard InChI is InChI=1S/C18H23N5O2/c1-21-9-10-23(11-15(21)16-19-7-8-22(16)2)18(25)13-5-6-14(12-3-4-12)20-17(13)24/h5-8,12,15H,3-4,9-11H2,1-2H3,(H,20,24). The molecule has 2 aliphatic rings.